The number of fused-ring (bicyclic) bond motifs is 1. The van der Waals surface area contributed by atoms with Crippen molar-refractivity contribution in [1.29, 1.82) is 0 Å². The van der Waals surface area contributed by atoms with Gasteiger partial charge in [-0.05, 0) is 31.5 Å². The molecule has 4 heteroatoms. The van der Waals surface area contributed by atoms with Crippen molar-refractivity contribution in [2.45, 2.75) is 25.5 Å². The van der Waals surface area contributed by atoms with Crippen molar-refractivity contribution >= 4 is 11.0 Å². The van der Waals surface area contributed by atoms with Gasteiger partial charge in [0.25, 0.3) is 0 Å². The first-order valence-electron chi connectivity index (χ1n) is 4.88. The highest BCUT2D eigenvalue weighted by Crippen LogP contribution is 2.25. The first kappa shape index (κ1) is 10.1. The Morgan fingerprint density at radius 1 is 1.47 bits per heavy atom. The number of aromatic amines is 1. The van der Waals surface area contributed by atoms with Crippen LogP contribution >= 0.6 is 0 Å². The number of aliphatic hydroxyl groups is 1. The molecule has 0 aliphatic carbocycles. The number of aliphatic hydroxyl groups excluding tert-OH is 1. The fourth-order valence-electron chi connectivity index (χ4n) is 1.55. The summed E-state index contributed by atoms with van der Waals surface area (Å²) in [5, 5.41) is 9.99. The number of rotatable bonds is 2. The van der Waals surface area contributed by atoms with Gasteiger partial charge in [-0.25, -0.2) is 4.98 Å². The van der Waals surface area contributed by atoms with Crippen LogP contribution in [0.4, 0.5) is 0 Å². The molecule has 1 unspecified atom stereocenters. The van der Waals surface area contributed by atoms with Gasteiger partial charge in [-0.2, -0.15) is 0 Å². The maximum Gasteiger partial charge on any atom is 0.0964 e. The van der Waals surface area contributed by atoms with Crippen LogP contribution in [0.2, 0.25) is 0 Å². The summed E-state index contributed by atoms with van der Waals surface area (Å²) in [7, 11) is 0. The average Bonchev–Trinajstić information content (AvgIpc) is 2.61. The molecule has 0 spiro atoms. The molecule has 1 aromatic carbocycles. The Balaban J connectivity index is 2.44. The Hall–Kier alpha value is -1.39. The van der Waals surface area contributed by atoms with E-state index in [-0.39, 0.29) is 0 Å². The maximum atomic E-state index is 9.99. The number of H-pyrrole nitrogens is 1. The van der Waals surface area contributed by atoms with Crippen LogP contribution in [0.25, 0.3) is 11.0 Å². The summed E-state index contributed by atoms with van der Waals surface area (Å²) in [4.78, 5) is 7.12. The predicted molar refractivity (Wildman–Crippen MR) is 59.3 cm³/mol. The van der Waals surface area contributed by atoms with E-state index >= 15 is 0 Å². The Bertz CT molecular complexity index is 470. The zero-order valence-electron chi connectivity index (χ0n) is 8.86. The third kappa shape index (κ3) is 1.86. The molecule has 0 aliphatic heterocycles. The van der Waals surface area contributed by atoms with Gasteiger partial charge in [0.1, 0.15) is 0 Å². The van der Waals surface area contributed by atoms with E-state index in [1.807, 2.05) is 18.2 Å². The van der Waals surface area contributed by atoms with Crippen molar-refractivity contribution in [1.82, 2.24) is 9.97 Å². The van der Waals surface area contributed by atoms with Crippen LogP contribution in [0.1, 0.15) is 25.5 Å². The highest BCUT2D eigenvalue weighted by molar-refractivity contribution is 5.75. The topological polar surface area (TPSA) is 74.9 Å². The Kier molecular flexibility index (Phi) is 2.25. The zero-order valence-corrected chi connectivity index (χ0v) is 8.86. The predicted octanol–water partition coefficient (Wildman–Crippen LogP) is 1.33. The van der Waals surface area contributed by atoms with Crippen molar-refractivity contribution in [3.8, 4) is 0 Å². The normalized spacial score (nSPS) is 14.4. The van der Waals surface area contributed by atoms with Gasteiger partial charge in [0.05, 0.1) is 23.5 Å². The molecule has 4 nitrogen and oxygen atoms in total. The summed E-state index contributed by atoms with van der Waals surface area (Å²) >= 11 is 0. The van der Waals surface area contributed by atoms with Crippen molar-refractivity contribution in [3.05, 3.63) is 30.1 Å². The molecule has 0 aliphatic rings. The van der Waals surface area contributed by atoms with Crippen molar-refractivity contribution in [2.24, 2.45) is 5.73 Å². The van der Waals surface area contributed by atoms with Gasteiger partial charge in [0.2, 0.25) is 0 Å². The lowest BCUT2D eigenvalue weighted by Crippen LogP contribution is -2.39. The lowest BCUT2D eigenvalue weighted by atomic mass is 9.92. The third-order valence-corrected chi connectivity index (χ3v) is 2.46. The summed E-state index contributed by atoms with van der Waals surface area (Å²) in [5.74, 6) is 0. The van der Waals surface area contributed by atoms with Gasteiger partial charge < -0.3 is 15.8 Å². The number of aromatic nitrogens is 2. The molecular weight excluding hydrogens is 190 g/mol. The molecule has 4 N–H and O–H groups in total. The maximum absolute atomic E-state index is 9.99. The third-order valence-electron chi connectivity index (χ3n) is 2.46. The van der Waals surface area contributed by atoms with E-state index < -0.39 is 11.6 Å². The van der Waals surface area contributed by atoms with Crippen LogP contribution in [0.15, 0.2) is 24.5 Å². The van der Waals surface area contributed by atoms with Crippen LogP contribution in [-0.2, 0) is 0 Å². The molecule has 2 aromatic rings. The van der Waals surface area contributed by atoms with Crippen LogP contribution in [0.5, 0.6) is 0 Å². The molecule has 15 heavy (non-hydrogen) atoms. The number of nitrogens with one attached hydrogen (secondary N) is 1. The molecule has 0 bridgehead atoms. The lowest BCUT2D eigenvalue weighted by Gasteiger charge is -2.26. The average molecular weight is 205 g/mol. The van der Waals surface area contributed by atoms with Gasteiger partial charge in [-0.15, -0.1) is 0 Å². The van der Waals surface area contributed by atoms with Crippen molar-refractivity contribution in [2.75, 3.05) is 0 Å². The quantitative estimate of drug-likeness (QED) is 0.692. The van der Waals surface area contributed by atoms with E-state index in [4.69, 9.17) is 5.73 Å². The van der Waals surface area contributed by atoms with Gasteiger partial charge in [-0.3, -0.25) is 0 Å². The fraction of sp³-hybridized carbons (Fsp3) is 0.364. The minimum absolute atomic E-state index is 0.645. The van der Waals surface area contributed by atoms with E-state index in [9.17, 15) is 5.11 Å². The molecule has 0 fully saturated rings. The molecule has 0 saturated carbocycles. The van der Waals surface area contributed by atoms with Crippen molar-refractivity contribution < 1.29 is 5.11 Å². The smallest absolute Gasteiger partial charge is 0.0964 e. The summed E-state index contributed by atoms with van der Waals surface area (Å²) in [6.45, 7) is 3.60. The minimum Gasteiger partial charge on any atom is -0.387 e. The van der Waals surface area contributed by atoms with E-state index in [1.54, 1.807) is 20.2 Å². The fourth-order valence-corrected chi connectivity index (χ4v) is 1.55. The largest absolute Gasteiger partial charge is 0.387 e. The van der Waals surface area contributed by atoms with Crippen LogP contribution < -0.4 is 5.73 Å². The standard InChI is InChI=1S/C11H15N3O/c1-11(2,12)10(15)7-3-4-8-9(5-7)14-6-13-8/h3-6,10,15H,12H2,1-2H3,(H,13,14). The second-order valence-corrected chi connectivity index (χ2v) is 4.40. The van der Waals surface area contributed by atoms with E-state index in [2.05, 4.69) is 9.97 Å². The van der Waals surface area contributed by atoms with Crippen LogP contribution in [0, 0.1) is 0 Å². The molecule has 0 amide bonds. The zero-order chi connectivity index (χ0) is 11.1. The molecule has 1 aromatic heterocycles. The monoisotopic (exact) mass is 205 g/mol. The Morgan fingerprint density at radius 2 is 2.20 bits per heavy atom. The second kappa shape index (κ2) is 3.32. The number of hydrogen-bond donors (Lipinski definition) is 3. The first-order chi connectivity index (χ1) is 6.98. The summed E-state index contributed by atoms with van der Waals surface area (Å²) in [6, 6.07) is 5.60. The lowest BCUT2D eigenvalue weighted by molar-refractivity contribution is 0.105. The summed E-state index contributed by atoms with van der Waals surface area (Å²) < 4.78 is 0. The minimum atomic E-state index is -0.676. The first-order valence-corrected chi connectivity index (χ1v) is 4.88. The van der Waals surface area contributed by atoms with Crippen LogP contribution in [-0.4, -0.2) is 20.6 Å². The van der Waals surface area contributed by atoms with Crippen LogP contribution in [0.3, 0.4) is 0 Å². The second-order valence-electron chi connectivity index (χ2n) is 4.40. The number of imidazole rings is 1. The summed E-state index contributed by atoms with van der Waals surface area (Å²) in [6.07, 6.45) is 0.958. The van der Waals surface area contributed by atoms with Gasteiger partial charge in [0, 0.05) is 5.54 Å². The highest BCUT2D eigenvalue weighted by Gasteiger charge is 2.24. The number of nitrogens with zero attached hydrogens (tertiary/aromatic N) is 1. The molecule has 1 atom stereocenters. The van der Waals surface area contributed by atoms with E-state index in [0.29, 0.717) is 0 Å². The summed E-state index contributed by atoms with van der Waals surface area (Å²) in [5.41, 5.74) is 7.82. The van der Waals surface area contributed by atoms with Gasteiger partial charge in [0.15, 0.2) is 0 Å². The number of benzene rings is 1. The molecule has 0 radical (unpaired) electrons. The van der Waals surface area contributed by atoms with Crippen molar-refractivity contribution in [3.63, 3.8) is 0 Å². The van der Waals surface area contributed by atoms with E-state index in [0.717, 1.165) is 16.6 Å². The molecule has 0 saturated heterocycles. The van der Waals surface area contributed by atoms with Gasteiger partial charge >= 0.3 is 0 Å². The Morgan fingerprint density at radius 3 is 2.87 bits per heavy atom. The van der Waals surface area contributed by atoms with E-state index in [1.165, 1.54) is 0 Å². The highest BCUT2D eigenvalue weighted by atomic mass is 16.3. The molecular formula is C11H15N3O. The number of nitrogens with two attached hydrogens (primary N) is 1. The SMILES string of the molecule is CC(C)(N)C(O)c1ccc2nc[nH]c2c1. The molecule has 80 valence electrons. The molecule has 2 rings (SSSR count). The Labute approximate surface area is 88.1 Å². The number of hydrogen-bond acceptors (Lipinski definition) is 3. The molecule has 1 heterocycles. The van der Waals surface area contributed by atoms with Gasteiger partial charge in [-0.1, -0.05) is 6.07 Å².